The fraction of sp³-hybridized carbons (Fsp3) is 0.200. The molecule has 6 heteroatoms. The van der Waals surface area contributed by atoms with Gasteiger partial charge in [0.15, 0.2) is 6.10 Å². The van der Waals surface area contributed by atoms with E-state index in [1.165, 1.54) is 11.3 Å². The molecule has 1 atom stereocenters. The molecule has 21 heavy (non-hydrogen) atoms. The van der Waals surface area contributed by atoms with E-state index in [1.807, 2.05) is 25.1 Å². The standard InChI is InChI=1S/C15H14BrNO3S/c1-9-3-8-13(21-9)15(19)20-10(2)14(18)17-12-6-4-11(16)5-7-12/h3-8,10H,1-2H3,(H,17,18)/t10-/m0/s1. The molecule has 0 fully saturated rings. The summed E-state index contributed by atoms with van der Waals surface area (Å²) in [4.78, 5) is 25.4. The first-order valence-electron chi connectivity index (χ1n) is 6.29. The second kappa shape index (κ2) is 6.87. The molecule has 0 bridgehead atoms. The lowest BCUT2D eigenvalue weighted by molar-refractivity contribution is -0.123. The number of rotatable bonds is 4. The molecule has 0 spiro atoms. The minimum Gasteiger partial charge on any atom is -0.448 e. The molecular formula is C15H14BrNO3S. The van der Waals surface area contributed by atoms with Crippen molar-refractivity contribution in [3.8, 4) is 0 Å². The molecule has 2 rings (SSSR count). The quantitative estimate of drug-likeness (QED) is 0.830. The normalized spacial score (nSPS) is 11.8. The van der Waals surface area contributed by atoms with Gasteiger partial charge in [-0.15, -0.1) is 11.3 Å². The van der Waals surface area contributed by atoms with Crippen LogP contribution in [0.4, 0.5) is 5.69 Å². The fourth-order valence-electron chi connectivity index (χ4n) is 1.59. The number of aryl methyl sites for hydroxylation is 1. The third kappa shape index (κ3) is 4.41. The second-order valence-corrected chi connectivity index (χ2v) is 6.66. The minimum absolute atomic E-state index is 0.362. The first-order valence-corrected chi connectivity index (χ1v) is 7.90. The highest BCUT2D eigenvalue weighted by molar-refractivity contribution is 9.10. The van der Waals surface area contributed by atoms with Gasteiger partial charge in [0.1, 0.15) is 4.88 Å². The molecule has 0 saturated carbocycles. The molecule has 0 saturated heterocycles. The van der Waals surface area contributed by atoms with Crippen molar-refractivity contribution in [1.29, 1.82) is 0 Å². The Morgan fingerprint density at radius 1 is 1.19 bits per heavy atom. The fourth-order valence-corrected chi connectivity index (χ4v) is 2.61. The molecule has 4 nitrogen and oxygen atoms in total. The van der Waals surface area contributed by atoms with E-state index in [0.717, 1.165) is 9.35 Å². The van der Waals surface area contributed by atoms with E-state index in [0.29, 0.717) is 10.6 Å². The number of hydrogen-bond acceptors (Lipinski definition) is 4. The molecule has 2 aromatic rings. The maximum absolute atomic E-state index is 12.0. The van der Waals surface area contributed by atoms with Gasteiger partial charge in [0.05, 0.1) is 0 Å². The SMILES string of the molecule is Cc1ccc(C(=O)O[C@@H](C)C(=O)Nc2ccc(Br)cc2)s1. The highest BCUT2D eigenvalue weighted by Gasteiger charge is 2.19. The number of nitrogens with one attached hydrogen (secondary N) is 1. The lowest BCUT2D eigenvalue weighted by Gasteiger charge is -2.13. The zero-order valence-corrected chi connectivity index (χ0v) is 14.0. The van der Waals surface area contributed by atoms with E-state index in [1.54, 1.807) is 25.1 Å². The van der Waals surface area contributed by atoms with Crippen LogP contribution in [0.15, 0.2) is 40.9 Å². The number of halogens is 1. The van der Waals surface area contributed by atoms with Gasteiger partial charge in [-0.3, -0.25) is 4.79 Å². The minimum atomic E-state index is -0.858. The molecule has 0 aliphatic carbocycles. The average molecular weight is 368 g/mol. The molecular weight excluding hydrogens is 354 g/mol. The summed E-state index contributed by atoms with van der Waals surface area (Å²) in [7, 11) is 0. The number of carbonyl (C=O) groups excluding carboxylic acids is 2. The van der Waals surface area contributed by atoms with Gasteiger partial charge in [0.25, 0.3) is 5.91 Å². The summed E-state index contributed by atoms with van der Waals surface area (Å²) in [6.45, 7) is 3.46. The largest absolute Gasteiger partial charge is 0.448 e. The Hall–Kier alpha value is -1.66. The first-order chi connectivity index (χ1) is 9.95. The van der Waals surface area contributed by atoms with Crippen molar-refractivity contribution in [2.45, 2.75) is 20.0 Å². The van der Waals surface area contributed by atoms with Crippen LogP contribution in [0, 0.1) is 6.92 Å². The summed E-state index contributed by atoms with van der Waals surface area (Å²) in [5, 5.41) is 2.70. The van der Waals surface area contributed by atoms with Crippen molar-refractivity contribution in [2.24, 2.45) is 0 Å². The van der Waals surface area contributed by atoms with Crippen LogP contribution in [0.5, 0.6) is 0 Å². The molecule has 0 aliphatic rings. The molecule has 0 aliphatic heterocycles. The number of carbonyl (C=O) groups is 2. The highest BCUT2D eigenvalue weighted by Crippen LogP contribution is 2.18. The van der Waals surface area contributed by atoms with Gasteiger partial charge in [-0.25, -0.2) is 4.79 Å². The molecule has 1 N–H and O–H groups in total. The lowest BCUT2D eigenvalue weighted by Crippen LogP contribution is -2.29. The van der Waals surface area contributed by atoms with Gasteiger partial charge in [0, 0.05) is 15.0 Å². The third-order valence-electron chi connectivity index (χ3n) is 2.71. The Kier molecular flexibility index (Phi) is 5.14. The van der Waals surface area contributed by atoms with Gasteiger partial charge < -0.3 is 10.1 Å². The second-order valence-electron chi connectivity index (χ2n) is 4.45. The Morgan fingerprint density at radius 3 is 2.43 bits per heavy atom. The number of anilines is 1. The van der Waals surface area contributed by atoms with E-state index in [4.69, 9.17) is 4.74 Å². The summed E-state index contributed by atoms with van der Waals surface area (Å²) in [6, 6.07) is 10.7. The van der Waals surface area contributed by atoms with Crippen LogP contribution in [-0.4, -0.2) is 18.0 Å². The summed E-state index contributed by atoms with van der Waals surface area (Å²) < 4.78 is 6.08. The number of amides is 1. The van der Waals surface area contributed by atoms with E-state index < -0.39 is 12.1 Å². The number of thiophene rings is 1. The van der Waals surface area contributed by atoms with Gasteiger partial charge in [-0.2, -0.15) is 0 Å². The van der Waals surface area contributed by atoms with Gasteiger partial charge in [-0.1, -0.05) is 15.9 Å². The topological polar surface area (TPSA) is 55.4 Å². The zero-order valence-electron chi connectivity index (χ0n) is 11.6. The van der Waals surface area contributed by atoms with Crippen LogP contribution in [0.3, 0.4) is 0 Å². The number of ether oxygens (including phenoxy) is 1. The number of benzene rings is 1. The summed E-state index contributed by atoms with van der Waals surface area (Å²) in [5.74, 6) is -0.842. The van der Waals surface area contributed by atoms with Crippen LogP contribution in [-0.2, 0) is 9.53 Å². The molecule has 1 heterocycles. The summed E-state index contributed by atoms with van der Waals surface area (Å²) in [5.41, 5.74) is 0.651. The van der Waals surface area contributed by atoms with Crippen molar-refractivity contribution < 1.29 is 14.3 Å². The smallest absolute Gasteiger partial charge is 0.349 e. The van der Waals surface area contributed by atoms with Crippen LogP contribution >= 0.6 is 27.3 Å². The maximum Gasteiger partial charge on any atom is 0.349 e. The Morgan fingerprint density at radius 2 is 1.86 bits per heavy atom. The van der Waals surface area contributed by atoms with Crippen molar-refractivity contribution >= 4 is 44.8 Å². The molecule has 110 valence electrons. The van der Waals surface area contributed by atoms with Gasteiger partial charge >= 0.3 is 5.97 Å². The van der Waals surface area contributed by atoms with E-state index >= 15 is 0 Å². The predicted octanol–water partition coefficient (Wildman–Crippen LogP) is 4.00. The van der Waals surface area contributed by atoms with Crippen molar-refractivity contribution in [1.82, 2.24) is 0 Å². The highest BCUT2D eigenvalue weighted by atomic mass is 79.9. The van der Waals surface area contributed by atoms with E-state index in [2.05, 4.69) is 21.2 Å². The molecule has 1 amide bonds. The Bertz CT molecular complexity index is 651. The molecule has 0 unspecified atom stereocenters. The predicted molar refractivity (Wildman–Crippen MR) is 86.7 cm³/mol. The van der Waals surface area contributed by atoms with Crippen molar-refractivity contribution in [2.75, 3.05) is 5.32 Å². The Labute approximate surface area is 135 Å². The van der Waals surface area contributed by atoms with Crippen LogP contribution < -0.4 is 5.32 Å². The lowest BCUT2D eigenvalue weighted by atomic mass is 10.3. The van der Waals surface area contributed by atoms with Crippen LogP contribution in [0.25, 0.3) is 0 Å². The zero-order chi connectivity index (χ0) is 15.4. The monoisotopic (exact) mass is 367 g/mol. The maximum atomic E-state index is 12.0. The van der Waals surface area contributed by atoms with Gasteiger partial charge in [-0.05, 0) is 50.2 Å². The third-order valence-corrected chi connectivity index (χ3v) is 4.22. The molecule has 1 aromatic carbocycles. The van der Waals surface area contributed by atoms with Gasteiger partial charge in [0.2, 0.25) is 0 Å². The average Bonchev–Trinajstić information content (AvgIpc) is 2.88. The molecule has 0 radical (unpaired) electrons. The number of hydrogen-bond donors (Lipinski definition) is 1. The van der Waals surface area contributed by atoms with E-state index in [-0.39, 0.29) is 5.91 Å². The first kappa shape index (κ1) is 15.7. The van der Waals surface area contributed by atoms with E-state index in [9.17, 15) is 9.59 Å². The van der Waals surface area contributed by atoms with Crippen molar-refractivity contribution in [3.05, 3.63) is 50.6 Å². The molecule has 1 aromatic heterocycles. The van der Waals surface area contributed by atoms with Crippen LogP contribution in [0.1, 0.15) is 21.5 Å². The van der Waals surface area contributed by atoms with Crippen LogP contribution in [0.2, 0.25) is 0 Å². The van der Waals surface area contributed by atoms with Crippen molar-refractivity contribution in [3.63, 3.8) is 0 Å². The summed E-state index contributed by atoms with van der Waals surface area (Å²) in [6.07, 6.45) is -0.858. The summed E-state index contributed by atoms with van der Waals surface area (Å²) >= 11 is 4.66. The Balaban J connectivity index is 1.93. The number of esters is 1.